The standard InChI is InChI=1S/C13H15F2NO3/c1-9(13(17)16-4-6-18-7-5-16)19-10-2-3-11(14)12(15)8-10/h2-3,8-9H,4-7H2,1H3. The molecule has 1 aromatic carbocycles. The summed E-state index contributed by atoms with van der Waals surface area (Å²) in [4.78, 5) is 13.7. The monoisotopic (exact) mass is 271 g/mol. The lowest BCUT2D eigenvalue weighted by Gasteiger charge is -2.29. The lowest BCUT2D eigenvalue weighted by molar-refractivity contribution is -0.142. The summed E-state index contributed by atoms with van der Waals surface area (Å²) < 4.78 is 36.3. The number of nitrogens with zero attached hydrogens (tertiary/aromatic N) is 1. The van der Waals surface area contributed by atoms with Crippen LogP contribution in [-0.4, -0.2) is 43.2 Å². The Balaban J connectivity index is 1.97. The molecule has 1 aliphatic heterocycles. The quantitative estimate of drug-likeness (QED) is 0.838. The molecule has 0 saturated carbocycles. The number of halogens is 2. The number of ether oxygens (including phenoxy) is 2. The summed E-state index contributed by atoms with van der Waals surface area (Å²) in [6, 6.07) is 3.19. The molecule has 104 valence electrons. The van der Waals surface area contributed by atoms with Crippen molar-refractivity contribution in [1.82, 2.24) is 4.90 Å². The summed E-state index contributed by atoms with van der Waals surface area (Å²) in [5.41, 5.74) is 0. The lowest BCUT2D eigenvalue weighted by Crippen LogP contribution is -2.46. The molecule has 0 aliphatic carbocycles. The molecule has 0 aromatic heterocycles. The third-order valence-corrected chi connectivity index (χ3v) is 2.87. The molecule has 0 spiro atoms. The van der Waals surface area contributed by atoms with Gasteiger partial charge in [0.1, 0.15) is 5.75 Å². The van der Waals surface area contributed by atoms with Gasteiger partial charge in [0.15, 0.2) is 17.7 Å². The third-order valence-electron chi connectivity index (χ3n) is 2.87. The summed E-state index contributed by atoms with van der Waals surface area (Å²) in [7, 11) is 0. The van der Waals surface area contributed by atoms with Gasteiger partial charge in [-0.25, -0.2) is 8.78 Å². The van der Waals surface area contributed by atoms with Gasteiger partial charge in [-0.2, -0.15) is 0 Å². The first-order chi connectivity index (χ1) is 9.08. The molecule has 1 aromatic rings. The minimum absolute atomic E-state index is 0.132. The SMILES string of the molecule is CC(Oc1ccc(F)c(F)c1)C(=O)N1CCOCC1. The van der Waals surface area contributed by atoms with Crippen molar-refractivity contribution in [2.24, 2.45) is 0 Å². The van der Waals surface area contributed by atoms with Gasteiger partial charge in [0.05, 0.1) is 13.2 Å². The van der Waals surface area contributed by atoms with Crippen LogP contribution >= 0.6 is 0 Å². The van der Waals surface area contributed by atoms with Crippen molar-refractivity contribution in [3.63, 3.8) is 0 Å². The highest BCUT2D eigenvalue weighted by Gasteiger charge is 2.23. The van der Waals surface area contributed by atoms with Crippen LogP contribution in [-0.2, 0) is 9.53 Å². The highest BCUT2D eigenvalue weighted by atomic mass is 19.2. The van der Waals surface area contributed by atoms with Crippen LogP contribution in [0.25, 0.3) is 0 Å². The molecule has 1 saturated heterocycles. The molecule has 19 heavy (non-hydrogen) atoms. The number of rotatable bonds is 3. The number of amides is 1. The Morgan fingerprint density at radius 3 is 2.63 bits per heavy atom. The average molecular weight is 271 g/mol. The maximum absolute atomic E-state index is 13.0. The second-order valence-corrected chi connectivity index (χ2v) is 4.27. The second kappa shape index (κ2) is 5.97. The first-order valence-electron chi connectivity index (χ1n) is 6.06. The van der Waals surface area contributed by atoms with Gasteiger partial charge in [-0.15, -0.1) is 0 Å². The number of hydrogen-bond acceptors (Lipinski definition) is 3. The number of hydrogen-bond donors (Lipinski definition) is 0. The van der Waals surface area contributed by atoms with E-state index in [0.29, 0.717) is 26.3 Å². The van der Waals surface area contributed by atoms with E-state index in [0.717, 1.165) is 12.1 Å². The van der Waals surface area contributed by atoms with Gasteiger partial charge in [0.25, 0.3) is 5.91 Å². The Morgan fingerprint density at radius 1 is 1.32 bits per heavy atom. The summed E-state index contributed by atoms with van der Waals surface area (Å²) in [6.45, 7) is 3.63. The lowest BCUT2D eigenvalue weighted by atomic mass is 10.3. The largest absolute Gasteiger partial charge is 0.481 e. The predicted molar refractivity (Wildman–Crippen MR) is 63.8 cm³/mol. The van der Waals surface area contributed by atoms with Gasteiger partial charge in [-0.05, 0) is 19.1 Å². The third kappa shape index (κ3) is 3.41. The molecule has 0 N–H and O–H groups in total. The van der Waals surface area contributed by atoms with Crippen molar-refractivity contribution in [2.75, 3.05) is 26.3 Å². The minimum Gasteiger partial charge on any atom is -0.481 e. The predicted octanol–water partition coefficient (Wildman–Crippen LogP) is 1.59. The normalized spacial score (nSPS) is 17.1. The van der Waals surface area contributed by atoms with Crippen molar-refractivity contribution in [2.45, 2.75) is 13.0 Å². The topological polar surface area (TPSA) is 38.8 Å². The zero-order valence-corrected chi connectivity index (χ0v) is 10.6. The van der Waals surface area contributed by atoms with Crippen LogP contribution in [0.15, 0.2) is 18.2 Å². The van der Waals surface area contributed by atoms with E-state index in [4.69, 9.17) is 9.47 Å². The molecule has 0 bridgehead atoms. The van der Waals surface area contributed by atoms with E-state index in [1.807, 2.05) is 0 Å². The smallest absolute Gasteiger partial charge is 0.263 e. The van der Waals surface area contributed by atoms with Crippen molar-refractivity contribution >= 4 is 5.91 Å². The van der Waals surface area contributed by atoms with Crippen LogP contribution in [0.3, 0.4) is 0 Å². The fraction of sp³-hybridized carbons (Fsp3) is 0.462. The van der Waals surface area contributed by atoms with Crippen LogP contribution in [0, 0.1) is 11.6 Å². The Kier molecular flexibility index (Phi) is 4.31. The maximum atomic E-state index is 13.0. The first-order valence-corrected chi connectivity index (χ1v) is 6.06. The Labute approximate surface area is 109 Å². The molecule has 2 rings (SSSR count). The van der Waals surface area contributed by atoms with Crippen molar-refractivity contribution in [3.05, 3.63) is 29.8 Å². The Bertz CT molecular complexity index is 461. The van der Waals surface area contributed by atoms with E-state index in [1.54, 1.807) is 11.8 Å². The van der Waals surface area contributed by atoms with Gasteiger partial charge >= 0.3 is 0 Å². The van der Waals surface area contributed by atoms with Crippen molar-refractivity contribution in [1.29, 1.82) is 0 Å². The number of benzene rings is 1. The molecule has 0 radical (unpaired) electrons. The molecule has 1 fully saturated rings. The van der Waals surface area contributed by atoms with E-state index in [-0.39, 0.29) is 11.7 Å². The Hall–Kier alpha value is -1.69. The minimum atomic E-state index is -0.997. The Morgan fingerprint density at radius 2 is 2.00 bits per heavy atom. The van der Waals surface area contributed by atoms with Crippen molar-refractivity contribution in [3.8, 4) is 5.75 Å². The highest BCUT2D eigenvalue weighted by molar-refractivity contribution is 5.81. The van der Waals surface area contributed by atoms with E-state index in [9.17, 15) is 13.6 Å². The van der Waals surface area contributed by atoms with Gasteiger partial charge in [-0.3, -0.25) is 4.79 Å². The molecule has 1 aliphatic rings. The number of carbonyl (C=O) groups excluding carboxylic acids is 1. The molecule has 6 heteroatoms. The molecule has 1 unspecified atom stereocenters. The maximum Gasteiger partial charge on any atom is 0.263 e. The van der Waals surface area contributed by atoms with Gasteiger partial charge in [0, 0.05) is 19.2 Å². The number of morpholine rings is 1. The molecular weight excluding hydrogens is 256 g/mol. The summed E-state index contributed by atoms with van der Waals surface area (Å²) >= 11 is 0. The van der Waals surface area contributed by atoms with Crippen LogP contribution in [0.1, 0.15) is 6.92 Å². The average Bonchev–Trinajstić information content (AvgIpc) is 2.43. The number of carbonyl (C=O) groups is 1. The van der Waals surface area contributed by atoms with Crippen LogP contribution in [0.4, 0.5) is 8.78 Å². The summed E-state index contributed by atoms with van der Waals surface area (Å²) in [5.74, 6) is -2.00. The van der Waals surface area contributed by atoms with E-state index >= 15 is 0 Å². The molecule has 1 amide bonds. The van der Waals surface area contributed by atoms with E-state index < -0.39 is 17.7 Å². The first kappa shape index (κ1) is 13.7. The summed E-state index contributed by atoms with van der Waals surface area (Å²) in [5, 5.41) is 0. The van der Waals surface area contributed by atoms with Crippen LogP contribution < -0.4 is 4.74 Å². The zero-order chi connectivity index (χ0) is 13.8. The van der Waals surface area contributed by atoms with Gasteiger partial charge in [0.2, 0.25) is 0 Å². The zero-order valence-electron chi connectivity index (χ0n) is 10.6. The summed E-state index contributed by atoms with van der Waals surface area (Å²) in [6.07, 6.45) is -0.747. The van der Waals surface area contributed by atoms with Gasteiger partial charge in [-0.1, -0.05) is 0 Å². The molecule has 1 atom stereocenters. The van der Waals surface area contributed by atoms with Gasteiger partial charge < -0.3 is 14.4 Å². The van der Waals surface area contributed by atoms with Crippen LogP contribution in [0.2, 0.25) is 0 Å². The van der Waals surface area contributed by atoms with E-state index in [1.165, 1.54) is 6.07 Å². The molecule has 1 heterocycles. The van der Waals surface area contributed by atoms with Crippen molar-refractivity contribution < 1.29 is 23.0 Å². The highest BCUT2D eigenvalue weighted by Crippen LogP contribution is 2.17. The second-order valence-electron chi connectivity index (χ2n) is 4.27. The van der Waals surface area contributed by atoms with Crippen LogP contribution in [0.5, 0.6) is 5.75 Å². The van der Waals surface area contributed by atoms with E-state index in [2.05, 4.69) is 0 Å². The molecular formula is C13H15F2NO3. The fourth-order valence-corrected chi connectivity index (χ4v) is 1.85. The fourth-order valence-electron chi connectivity index (χ4n) is 1.85. The molecule has 4 nitrogen and oxygen atoms in total.